The molecule has 0 spiro atoms. The van der Waals surface area contributed by atoms with E-state index in [4.69, 9.17) is 0 Å². The van der Waals surface area contributed by atoms with E-state index in [1.165, 1.54) is 0 Å². The zero-order valence-corrected chi connectivity index (χ0v) is 14.7. The molecule has 1 amide bonds. The van der Waals surface area contributed by atoms with Gasteiger partial charge in [0, 0.05) is 50.7 Å². The Morgan fingerprint density at radius 3 is 2.24 bits per heavy atom. The fourth-order valence-corrected chi connectivity index (χ4v) is 4.15. The highest BCUT2D eigenvalue weighted by molar-refractivity contribution is 7.91. The molecule has 132 valence electrons. The number of rotatable bonds is 5. The van der Waals surface area contributed by atoms with Gasteiger partial charge in [0.25, 0.3) is 0 Å². The summed E-state index contributed by atoms with van der Waals surface area (Å²) in [5, 5.41) is 0. The molecule has 7 heteroatoms. The Kier molecular flexibility index (Phi) is 5.33. The van der Waals surface area contributed by atoms with E-state index in [-0.39, 0.29) is 23.0 Å². The highest BCUT2D eigenvalue weighted by atomic mass is 32.2. The van der Waals surface area contributed by atoms with Crippen LogP contribution in [0.15, 0.2) is 59.8 Å². The molecule has 1 aromatic carbocycles. The second-order valence-corrected chi connectivity index (χ2v) is 8.06. The van der Waals surface area contributed by atoms with Crippen LogP contribution < -0.4 is 4.90 Å². The number of piperazine rings is 1. The van der Waals surface area contributed by atoms with Crippen LogP contribution in [0, 0.1) is 0 Å². The topological polar surface area (TPSA) is 70.6 Å². The molecule has 3 rings (SSSR count). The number of sulfone groups is 1. The van der Waals surface area contributed by atoms with E-state index in [0.717, 1.165) is 18.8 Å². The van der Waals surface area contributed by atoms with Gasteiger partial charge < -0.3 is 9.80 Å². The van der Waals surface area contributed by atoms with Crippen LogP contribution in [0.5, 0.6) is 0 Å². The summed E-state index contributed by atoms with van der Waals surface area (Å²) in [6.45, 7) is 2.68. The molecule has 0 radical (unpaired) electrons. The number of carbonyl (C=O) groups excluding carboxylic acids is 1. The predicted molar refractivity (Wildman–Crippen MR) is 96.1 cm³/mol. The van der Waals surface area contributed by atoms with E-state index in [1.54, 1.807) is 47.6 Å². The fourth-order valence-electron chi connectivity index (χ4n) is 2.89. The lowest BCUT2D eigenvalue weighted by Gasteiger charge is -2.36. The summed E-state index contributed by atoms with van der Waals surface area (Å²) in [6, 6.07) is 12.2. The van der Waals surface area contributed by atoms with Gasteiger partial charge in [-0.05, 0) is 24.3 Å². The molecule has 0 atom stereocenters. The van der Waals surface area contributed by atoms with Crippen LogP contribution in [0.25, 0.3) is 0 Å². The summed E-state index contributed by atoms with van der Waals surface area (Å²) in [5.41, 5.74) is 1.09. The predicted octanol–water partition coefficient (Wildman–Crippen LogP) is 1.59. The molecule has 1 saturated heterocycles. The van der Waals surface area contributed by atoms with Gasteiger partial charge in [-0.2, -0.15) is 0 Å². The van der Waals surface area contributed by atoms with Gasteiger partial charge in [0.1, 0.15) is 0 Å². The first-order valence-corrected chi connectivity index (χ1v) is 9.92. The molecule has 25 heavy (non-hydrogen) atoms. The molecule has 0 N–H and O–H groups in total. The third-order valence-corrected chi connectivity index (χ3v) is 6.08. The van der Waals surface area contributed by atoms with Gasteiger partial charge in [0.2, 0.25) is 5.91 Å². The van der Waals surface area contributed by atoms with Gasteiger partial charge in [0.15, 0.2) is 9.84 Å². The lowest BCUT2D eigenvalue weighted by molar-refractivity contribution is -0.131. The Hall–Kier alpha value is -2.41. The van der Waals surface area contributed by atoms with Crippen LogP contribution in [0.4, 0.5) is 5.69 Å². The average molecular weight is 359 g/mol. The Morgan fingerprint density at radius 2 is 1.60 bits per heavy atom. The van der Waals surface area contributed by atoms with Crippen molar-refractivity contribution in [1.29, 1.82) is 0 Å². The van der Waals surface area contributed by atoms with E-state index in [9.17, 15) is 13.2 Å². The molecular weight excluding hydrogens is 338 g/mol. The lowest BCUT2D eigenvalue weighted by atomic mass is 10.2. The van der Waals surface area contributed by atoms with Crippen molar-refractivity contribution in [3.8, 4) is 0 Å². The molecule has 6 nitrogen and oxygen atoms in total. The highest BCUT2D eigenvalue weighted by Crippen LogP contribution is 2.16. The Morgan fingerprint density at radius 1 is 0.960 bits per heavy atom. The number of aromatic nitrogens is 1. The summed E-state index contributed by atoms with van der Waals surface area (Å²) in [4.78, 5) is 20.6. The van der Waals surface area contributed by atoms with E-state index in [1.807, 2.05) is 12.1 Å². The molecule has 0 unspecified atom stereocenters. The smallest absolute Gasteiger partial charge is 0.223 e. The Balaban J connectivity index is 1.52. The second kappa shape index (κ2) is 7.65. The zero-order chi connectivity index (χ0) is 17.7. The maximum Gasteiger partial charge on any atom is 0.223 e. The summed E-state index contributed by atoms with van der Waals surface area (Å²) >= 11 is 0. The van der Waals surface area contributed by atoms with Crippen molar-refractivity contribution in [2.75, 3.05) is 36.8 Å². The second-order valence-electron chi connectivity index (χ2n) is 5.96. The number of benzene rings is 1. The molecule has 1 fully saturated rings. The minimum Gasteiger partial charge on any atom is -0.368 e. The molecule has 0 saturated carbocycles. The quantitative estimate of drug-likeness (QED) is 0.811. The number of amides is 1. The summed E-state index contributed by atoms with van der Waals surface area (Å²) in [7, 11) is -3.41. The monoisotopic (exact) mass is 359 g/mol. The minimum atomic E-state index is -3.41. The lowest BCUT2D eigenvalue weighted by Crippen LogP contribution is -2.49. The van der Waals surface area contributed by atoms with Crippen LogP contribution in [0.1, 0.15) is 6.42 Å². The van der Waals surface area contributed by atoms with Gasteiger partial charge in [-0.1, -0.05) is 18.2 Å². The van der Waals surface area contributed by atoms with Crippen molar-refractivity contribution in [3.05, 3.63) is 54.9 Å². The van der Waals surface area contributed by atoms with Crippen molar-refractivity contribution in [3.63, 3.8) is 0 Å². The van der Waals surface area contributed by atoms with Crippen molar-refractivity contribution in [2.45, 2.75) is 11.3 Å². The van der Waals surface area contributed by atoms with Crippen molar-refractivity contribution in [1.82, 2.24) is 9.88 Å². The number of hydrogen-bond acceptors (Lipinski definition) is 5. The molecule has 0 bridgehead atoms. The molecule has 1 aliphatic heterocycles. The van der Waals surface area contributed by atoms with Crippen LogP contribution >= 0.6 is 0 Å². The molecule has 1 aromatic heterocycles. The standard InChI is InChI=1S/C18H21N3O3S/c22-18(8-15-25(23,24)17-4-2-1-3-5-17)21-13-11-20(12-14-21)16-6-9-19-10-7-16/h1-7,9-10H,8,11-15H2. The minimum absolute atomic E-state index is 0.0203. The first-order chi connectivity index (χ1) is 12.1. The third kappa shape index (κ3) is 4.36. The van der Waals surface area contributed by atoms with E-state index in [0.29, 0.717) is 13.1 Å². The maximum atomic E-state index is 12.4. The highest BCUT2D eigenvalue weighted by Gasteiger charge is 2.23. The first kappa shape index (κ1) is 17.4. The molecule has 2 aromatic rings. The fraction of sp³-hybridized carbons (Fsp3) is 0.333. The SMILES string of the molecule is O=C(CCS(=O)(=O)c1ccccc1)N1CCN(c2ccncc2)CC1. The number of pyridine rings is 1. The van der Waals surface area contributed by atoms with Crippen LogP contribution in [0.3, 0.4) is 0 Å². The van der Waals surface area contributed by atoms with E-state index in [2.05, 4.69) is 9.88 Å². The molecular formula is C18H21N3O3S. The molecule has 1 aliphatic rings. The van der Waals surface area contributed by atoms with Gasteiger partial charge >= 0.3 is 0 Å². The van der Waals surface area contributed by atoms with E-state index >= 15 is 0 Å². The summed E-state index contributed by atoms with van der Waals surface area (Å²) in [5.74, 6) is -0.255. The van der Waals surface area contributed by atoms with Crippen LogP contribution in [0.2, 0.25) is 0 Å². The average Bonchev–Trinajstić information content (AvgIpc) is 2.68. The third-order valence-electron chi connectivity index (χ3n) is 4.35. The van der Waals surface area contributed by atoms with Gasteiger partial charge in [-0.25, -0.2) is 8.42 Å². The summed E-state index contributed by atoms with van der Waals surface area (Å²) in [6.07, 6.45) is 3.52. The van der Waals surface area contributed by atoms with Crippen molar-refractivity contribution < 1.29 is 13.2 Å². The normalized spacial score (nSPS) is 15.2. The zero-order valence-electron chi connectivity index (χ0n) is 13.9. The largest absolute Gasteiger partial charge is 0.368 e. The Bertz CT molecular complexity index is 802. The number of hydrogen-bond donors (Lipinski definition) is 0. The van der Waals surface area contributed by atoms with Gasteiger partial charge in [-0.3, -0.25) is 9.78 Å². The maximum absolute atomic E-state index is 12.4. The molecule has 0 aliphatic carbocycles. The number of carbonyl (C=O) groups is 1. The Labute approximate surface area is 148 Å². The number of nitrogens with zero attached hydrogens (tertiary/aromatic N) is 3. The first-order valence-electron chi connectivity index (χ1n) is 8.27. The number of anilines is 1. The van der Waals surface area contributed by atoms with Crippen LogP contribution in [-0.4, -0.2) is 56.1 Å². The van der Waals surface area contributed by atoms with Gasteiger partial charge in [0.05, 0.1) is 10.6 Å². The summed E-state index contributed by atoms with van der Waals surface area (Å²) < 4.78 is 24.5. The van der Waals surface area contributed by atoms with E-state index < -0.39 is 9.84 Å². The van der Waals surface area contributed by atoms with Crippen molar-refractivity contribution in [2.24, 2.45) is 0 Å². The van der Waals surface area contributed by atoms with Crippen LogP contribution in [-0.2, 0) is 14.6 Å². The van der Waals surface area contributed by atoms with Gasteiger partial charge in [-0.15, -0.1) is 0 Å². The van der Waals surface area contributed by atoms with Crippen molar-refractivity contribution >= 4 is 21.4 Å². The molecule has 2 heterocycles.